The summed E-state index contributed by atoms with van der Waals surface area (Å²) in [6, 6.07) is 14.8. The summed E-state index contributed by atoms with van der Waals surface area (Å²) in [4.78, 5) is 22.3. The van der Waals surface area contributed by atoms with Crippen molar-refractivity contribution in [3.8, 4) is 11.8 Å². The molecule has 116 valence electrons. The van der Waals surface area contributed by atoms with Crippen molar-refractivity contribution in [3.05, 3.63) is 70.8 Å². The molecule has 0 aliphatic rings. The standard InChI is InChI=1S/C19H17NO3/c1-15-12-16(9-10-18(15)13-21)8-5-11-20-19(22)23-14-17-6-3-2-4-7-17/h2-4,6-7,9-10,12-13H,11,14H2,1H3,(H,20,22). The number of ether oxygens (including phenoxy) is 1. The third kappa shape index (κ3) is 5.33. The van der Waals surface area contributed by atoms with Crippen LogP contribution in [0.1, 0.15) is 27.0 Å². The van der Waals surface area contributed by atoms with Crippen LogP contribution in [0.15, 0.2) is 48.5 Å². The number of aldehydes is 1. The lowest BCUT2D eigenvalue weighted by molar-refractivity contribution is 0.112. The maximum Gasteiger partial charge on any atom is 0.408 e. The van der Waals surface area contributed by atoms with Gasteiger partial charge in [-0.2, -0.15) is 0 Å². The zero-order valence-electron chi connectivity index (χ0n) is 12.8. The summed E-state index contributed by atoms with van der Waals surface area (Å²) in [5.74, 6) is 5.77. The van der Waals surface area contributed by atoms with Gasteiger partial charge in [0, 0.05) is 11.1 Å². The molecule has 2 rings (SSSR count). The van der Waals surface area contributed by atoms with Crippen molar-refractivity contribution < 1.29 is 14.3 Å². The predicted molar refractivity (Wildman–Crippen MR) is 88.1 cm³/mol. The number of amides is 1. The average Bonchev–Trinajstić information content (AvgIpc) is 2.58. The molecule has 0 atom stereocenters. The summed E-state index contributed by atoms with van der Waals surface area (Å²) >= 11 is 0. The van der Waals surface area contributed by atoms with Gasteiger partial charge in [0.2, 0.25) is 0 Å². The molecule has 2 aromatic carbocycles. The second kappa shape index (κ2) is 8.40. The fourth-order valence-electron chi connectivity index (χ4n) is 1.92. The molecule has 0 heterocycles. The third-order valence-corrected chi connectivity index (χ3v) is 3.16. The largest absolute Gasteiger partial charge is 0.445 e. The molecule has 0 fully saturated rings. The van der Waals surface area contributed by atoms with Crippen molar-refractivity contribution >= 4 is 12.4 Å². The molecule has 0 radical (unpaired) electrons. The highest BCUT2D eigenvalue weighted by atomic mass is 16.5. The Kier molecular flexibility index (Phi) is 5.96. The highest BCUT2D eigenvalue weighted by Crippen LogP contribution is 2.07. The van der Waals surface area contributed by atoms with Crippen LogP contribution in [0, 0.1) is 18.8 Å². The minimum Gasteiger partial charge on any atom is -0.445 e. The maximum atomic E-state index is 11.5. The highest BCUT2D eigenvalue weighted by molar-refractivity contribution is 5.77. The van der Waals surface area contributed by atoms with Gasteiger partial charge in [-0.15, -0.1) is 0 Å². The number of nitrogens with one attached hydrogen (secondary N) is 1. The van der Waals surface area contributed by atoms with Gasteiger partial charge in [0.1, 0.15) is 12.9 Å². The number of carbonyl (C=O) groups excluding carboxylic acids is 2. The van der Waals surface area contributed by atoms with Gasteiger partial charge in [-0.1, -0.05) is 48.2 Å². The maximum absolute atomic E-state index is 11.5. The number of carbonyl (C=O) groups is 2. The van der Waals surface area contributed by atoms with E-state index in [-0.39, 0.29) is 13.2 Å². The van der Waals surface area contributed by atoms with Crippen LogP contribution < -0.4 is 5.32 Å². The summed E-state index contributed by atoms with van der Waals surface area (Å²) < 4.78 is 5.07. The lowest BCUT2D eigenvalue weighted by atomic mass is 10.1. The Morgan fingerprint density at radius 3 is 2.70 bits per heavy atom. The van der Waals surface area contributed by atoms with Gasteiger partial charge in [-0.05, 0) is 30.2 Å². The first kappa shape index (κ1) is 16.3. The Bertz CT molecular complexity index is 742. The van der Waals surface area contributed by atoms with E-state index in [1.54, 1.807) is 12.1 Å². The zero-order chi connectivity index (χ0) is 16.5. The number of alkyl carbamates (subject to hydrolysis) is 1. The van der Waals surface area contributed by atoms with Crippen molar-refractivity contribution in [1.82, 2.24) is 5.32 Å². The molecule has 0 aromatic heterocycles. The van der Waals surface area contributed by atoms with Crippen LogP contribution in [0.5, 0.6) is 0 Å². The van der Waals surface area contributed by atoms with Gasteiger partial charge in [0.05, 0.1) is 6.54 Å². The van der Waals surface area contributed by atoms with Gasteiger partial charge < -0.3 is 10.1 Å². The monoisotopic (exact) mass is 307 g/mol. The molecule has 0 aliphatic heterocycles. The molecule has 1 N–H and O–H groups in total. The molecule has 4 heteroatoms. The molecule has 0 aliphatic carbocycles. The number of hydrogen-bond acceptors (Lipinski definition) is 3. The second-order valence-electron chi connectivity index (χ2n) is 4.91. The van der Waals surface area contributed by atoms with Crippen molar-refractivity contribution in [3.63, 3.8) is 0 Å². The Labute approximate surface area is 135 Å². The lowest BCUT2D eigenvalue weighted by Gasteiger charge is -2.04. The first-order valence-electron chi connectivity index (χ1n) is 7.18. The van der Waals surface area contributed by atoms with Crippen molar-refractivity contribution in [1.29, 1.82) is 0 Å². The van der Waals surface area contributed by atoms with Gasteiger partial charge in [0.25, 0.3) is 0 Å². The molecular formula is C19H17NO3. The van der Waals surface area contributed by atoms with Crippen LogP contribution in [0.2, 0.25) is 0 Å². The molecule has 0 saturated carbocycles. The van der Waals surface area contributed by atoms with Crippen molar-refractivity contribution in [2.45, 2.75) is 13.5 Å². The summed E-state index contributed by atoms with van der Waals surface area (Å²) in [6.45, 7) is 2.28. The average molecular weight is 307 g/mol. The zero-order valence-corrected chi connectivity index (χ0v) is 12.8. The first-order valence-corrected chi connectivity index (χ1v) is 7.18. The summed E-state index contributed by atoms with van der Waals surface area (Å²) in [5.41, 5.74) is 3.26. The van der Waals surface area contributed by atoms with Gasteiger partial charge >= 0.3 is 6.09 Å². The molecule has 23 heavy (non-hydrogen) atoms. The molecule has 4 nitrogen and oxygen atoms in total. The first-order chi connectivity index (χ1) is 11.2. The Balaban J connectivity index is 1.77. The van der Waals surface area contributed by atoms with Crippen LogP contribution in [0.3, 0.4) is 0 Å². The van der Waals surface area contributed by atoms with Gasteiger partial charge in [-0.3, -0.25) is 4.79 Å². The fraction of sp³-hybridized carbons (Fsp3) is 0.158. The van der Waals surface area contributed by atoms with E-state index in [2.05, 4.69) is 17.2 Å². The molecule has 0 saturated heterocycles. The van der Waals surface area contributed by atoms with E-state index in [1.165, 1.54) is 0 Å². The van der Waals surface area contributed by atoms with E-state index in [1.807, 2.05) is 43.3 Å². The number of benzene rings is 2. The topological polar surface area (TPSA) is 55.4 Å². The van der Waals surface area contributed by atoms with Crippen LogP contribution in [-0.4, -0.2) is 18.9 Å². The number of hydrogen-bond donors (Lipinski definition) is 1. The van der Waals surface area contributed by atoms with Crippen LogP contribution in [-0.2, 0) is 11.3 Å². The van der Waals surface area contributed by atoms with Crippen LogP contribution in [0.4, 0.5) is 4.79 Å². The Morgan fingerprint density at radius 2 is 2.00 bits per heavy atom. The van der Waals surface area contributed by atoms with Crippen molar-refractivity contribution in [2.24, 2.45) is 0 Å². The third-order valence-electron chi connectivity index (χ3n) is 3.16. The van der Waals surface area contributed by atoms with Crippen LogP contribution in [0.25, 0.3) is 0 Å². The Hall–Kier alpha value is -3.06. The molecule has 2 aromatic rings. The molecule has 0 unspecified atom stereocenters. The minimum absolute atomic E-state index is 0.197. The van der Waals surface area contributed by atoms with Crippen LogP contribution >= 0.6 is 0 Å². The van der Waals surface area contributed by atoms with Crippen molar-refractivity contribution in [2.75, 3.05) is 6.54 Å². The van der Waals surface area contributed by atoms with Gasteiger partial charge in [-0.25, -0.2) is 4.79 Å². The predicted octanol–water partition coefficient (Wildman–Crippen LogP) is 3.09. The summed E-state index contributed by atoms with van der Waals surface area (Å²) in [7, 11) is 0. The summed E-state index contributed by atoms with van der Waals surface area (Å²) in [6.07, 6.45) is 0.312. The quantitative estimate of drug-likeness (QED) is 0.697. The minimum atomic E-state index is -0.504. The van der Waals surface area contributed by atoms with E-state index in [0.29, 0.717) is 5.56 Å². The van der Waals surface area contributed by atoms with E-state index in [9.17, 15) is 9.59 Å². The lowest BCUT2D eigenvalue weighted by Crippen LogP contribution is -2.24. The molecule has 0 spiro atoms. The molecular weight excluding hydrogens is 290 g/mol. The molecule has 1 amide bonds. The second-order valence-corrected chi connectivity index (χ2v) is 4.91. The van der Waals surface area contributed by atoms with E-state index in [0.717, 1.165) is 23.0 Å². The summed E-state index contributed by atoms with van der Waals surface area (Å²) in [5, 5.41) is 2.57. The van der Waals surface area contributed by atoms with E-state index in [4.69, 9.17) is 4.74 Å². The SMILES string of the molecule is Cc1cc(C#CCNC(=O)OCc2ccccc2)ccc1C=O. The Morgan fingerprint density at radius 1 is 1.22 bits per heavy atom. The highest BCUT2D eigenvalue weighted by Gasteiger charge is 2.00. The van der Waals surface area contributed by atoms with E-state index < -0.39 is 6.09 Å². The van der Waals surface area contributed by atoms with E-state index >= 15 is 0 Å². The number of aryl methyl sites for hydroxylation is 1. The van der Waals surface area contributed by atoms with Gasteiger partial charge in [0.15, 0.2) is 0 Å². The normalized spacial score (nSPS) is 9.43. The fourth-order valence-corrected chi connectivity index (χ4v) is 1.92. The smallest absolute Gasteiger partial charge is 0.408 e. The number of rotatable bonds is 4. The molecule has 0 bridgehead atoms.